The second kappa shape index (κ2) is 12.2. The molecule has 0 aliphatic heterocycles. The Morgan fingerprint density at radius 2 is 2.03 bits per heavy atom. The highest BCUT2D eigenvalue weighted by Crippen LogP contribution is 2.29. The first kappa shape index (κ1) is 23.7. The van der Waals surface area contributed by atoms with E-state index in [0.29, 0.717) is 31.9 Å². The summed E-state index contributed by atoms with van der Waals surface area (Å²) in [5, 5.41) is 12.9. The number of hydrogen-bond acceptors (Lipinski definition) is 5. The first-order chi connectivity index (χ1) is 14.5. The lowest BCUT2D eigenvalue weighted by molar-refractivity contribution is -0.129. The Morgan fingerprint density at radius 3 is 2.63 bits per heavy atom. The molecule has 0 radical (unpaired) electrons. The van der Waals surface area contributed by atoms with Crippen LogP contribution in [0.5, 0.6) is 0 Å². The SMILES string of the molecule is CCCO[C@@H]1C[C@@H](C(=O)NC2CCC2)CC[C@H]1NC(=O)c1ccncc1F.O=CO. The van der Waals surface area contributed by atoms with E-state index in [1.165, 1.54) is 18.7 Å². The summed E-state index contributed by atoms with van der Waals surface area (Å²) in [5.41, 5.74) is -0.0240. The van der Waals surface area contributed by atoms with Crippen molar-refractivity contribution in [3.8, 4) is 0 Å². The largest absolute Gasteiger partial charge is 0.483 e. The van der Waals surface area contributed by atoms with E-state index in [4.69, 9.17) is 14.6 Å². The third kappa shape index (κ3) is 6.76. The first-order valence-corrected chi connectivity index (χ1v) is 10.4. The number of carboxylic acid groups (broad SMARTS) is 1. The lowest BCUT2D eigenvalue weighted by atomic mass is 9.82. The second-order valence-electron chi connectivity index (χ2n) is 7.60. The van der Waals surface area contributed by atoms with Crippen molar-refractivity contribution in [1.82, 2.24) is 15.6 Å². The molecule has 2 fully saturated rings. The Balaban J connectivity index is 0.00000101. The van der Waals surface area contributed by atoms with E-state index in [2.05, 4.69) is 15.6 Å². The molecule has 1 heterocycles. The van der Waals surface area contributed by atoms with Crippen LogP contribution in [0, 0.1) is 11.7 Å². The molecule has 2 saturated carbocycles. The molecular weight excluding hydrogens is 393 g/mol. The third-order valence-corrected chi connectivity index (χ3v) is 5.48. The number of nitrogens with one attached hydrogen (secondary N) is 2. The highest BCUT2D eigenvalue weighted by Gasteiger charge is 2.36. The maximum absolute atomic E-state index is 13.8. The van der Waals surface area contributed by atoms with Crippen LogP contribution >= 0.6 is 0 Å². The molecule has 9 heteroatoms. The van der Waals surface area contributed by atoms with Crippen molar-refractivity contribution >= 4 is 18.3 Å². The zero-order valence-corrected chi connectivity index (χ0v) is 17.2. The number of aromatic nitrogens is 1. The average Bonchev–Trinajstić information content (AvgIpc) is 2.70. The van der Waals surface area contributed by atoms with Gasteiger partial charge in [0.15, 0.2) is 5.82 Å². The normalized spacial score (nSPS) is 23.3. The second-order valence-corrected chi connectivity index (χ2v) is 7.60. The summed E-state index contributed by atoms with van der Waals surface area (Å²) in [7, 11) is 0. The van der Waals surface area contributed by atoms with Crippen molar-refractivity contribution in [2.75, 3.05) is 6.61 Å². The highest BCUT2D eigenvalue weighted by molar-refractivity contribution is 5.94. The quantitative estimate of drug-likeness (QED) is 0.579. The molecule has 1 aromatic rings. The van der Waals surface area contributed by atoms with Gasteiger partial charge in [-0.2, -0.15) is 0 Å². The fraction of sp³-hybridized carbons (Fsp3) is 0.619. The van der Waals surface area contributed by atoms with Gasteiger partial charge in [0.2, 0.25) is 5.91 Å². The standard InChI is InChI=1S/C20H28FN3O3.CH2O2/c1-2-10-27-18-11-13(19(25)23-14-4-3-5-14)6-7-17(18)24-20(26)15-8-9-22-12-16(15)21;2-1-3/h8-9,12-14,17-18H,2-7,10-11H2,1H3,(H,23,25)(H,24,26);1H,(H,2,3)/t13-,17+,18+;/m0./s1. The van der Waals surface area contributed by atoms with E-state index >= 15 is 0 Å². The molecule has 2 aliphatic carbocycles. The van der Waals surface area contributed by atoms with Crippen LogP contribution in [0.3, 0.4) is 0 Å². The fourth-order valence-electron chi connectivity index (χ4n) is 3.66. The lowest BCUT2D eigenvalue weighted by Gasteiger charge is -2.37. The molecule has 0 aromatic carbocycles. The molecule has 0 spiro atoms. The van der Waals surface area contributed by atoms with Crippen molar-refractivity contribution in [3.63, 3.8) is 0 Å². The number of amides is 2. The summed E-state index contributed by atoms with van der Waals surface area (Å²) in [6.45, 7) is 2.33. The molecule has 3 rings (SSSR count). The molecule has 0 saturated heterocycles. The molecule has 2 aliphatic rings. The van der Waals surface area contributed by atoms with Crippen LogP contribution in [0.4, 0.5) is 4.39 Å². The summed E-state index contributed by atoms with van der Waals surface area (Å²) in [4.78, 5) is 37.0. The number of carbonyl (C=O) groups excluding carboxylic acids is 2. The Kier molecular flexibility index (Phi) is 9.66. The van der Waals surface area contributed by atoms with Gasteiger partial charge in [-0.1, -0.05) is 6.92 Å². The summed E-state index contributed by atoms with van der Waals surface area (Å²) in [6.07, 6.45) is 8.23. The van der Waals surface area contributed by atoms with Gasteiger partial charge in [0.1, 0.15) is 0 Å². The Hall–Kier alpha value is -2.55. The van der Waals surface area contributed by atoms with E-state index < -0.39 is 11.7 Å². The molecule has 0 bridgehead atoms. The molecule has 0 unspecified atom stereocenters. The van der Waals surface area contributed by atoms with E-state index in [9.17, 15) is 14.0 Å². The molecule has 1 aromatic heterocycles. The number of pyridine rings is 1. The van der Waals surface area contributed by atoms with Gasteiger partial charge < -0.3 is 20.5 Å². The predicted molar refractivity (Wildman–Crippen MR) is 107 cm³/mol. The molecule has 166 valence electrons. The van der Waals surface area contributed by atoms with E-state index in [1.807, 2.05) is 6.92 Å². The van der Waals surface area contributed by atoms with Crippen molar-refractivity contribution < 1.29 is 28.6 Å². The van der Waals surface area contributed by atoms with E-state index in [0.717, 1.165) is 25.5 Å². The van der Waals surface area contributed by atoms with Crippen LogP contribution in [0.15, 0.2) is 18.5 Å². The highest BCUT2D eigenvalue weighted by atomic mass is 19.1. The monoisotopic (exact) mass is 423 g/mol. The minimum atomic E-state index is -0.644. The van der Waals surface area contributed by atoms with Crippen LogP contribution in [-0.4, -0.2) is 53.2 Å². The molecule has 3 N–H and O–H groups in total. The minimum Gasteiger partial charge on any atom is -0.483 e. The van der Waals surface area contributed by atoms with Crippen LogP contribution in [-0.2, 0) is 14.3 Å². The Morgan fingerprint density at radius 1 is 1.30 bits per heavy atom. The molecule has 8 nitrogen and oxygen atoms in total. The van der Waals surface area contributed by atoms with Gasteiger partial charge in [0.05, 0.1) is 23.9 Å². The van der Waals surface area contributed by atoms with Gasteiger partial charge in [0, 0.05) is 24.8 Å². The van der Waals surface area contributed by atoms with Crippen molar-refractivity contribution in [3.05, 3.63) is 29.8 Å². The number of hydrogen-bond donors (Lipinski definition) is 3. The number of carbonyl (C=O) groups is 3. The van der Waals surface area contributed by atoms with Gasteiger partial charge in [-0.15, -0.1) is 0 Å². The Labute approximate surface area is 175 Å². The molecule has 3 atom stereocenters. The first-order valence-electron chi connectivity index (χ1n) is 10.4. The van der Waals surface area contributed by atoms with E-state index in [-0.39, 0.29) is 36.0 Å². The van der Waals surface area contributed by atoms with Gasteiger partial charge in [-0.05, 0) is 51.0 Å². The van der Waals surface area contributed by atoms with Gasteiger partial charge in [-0.25, -0.2) is 4.39 Å². The zero-order valence-electron chi connectivity index (χ0n) is 17.2. The summed E-state index contributed by atoms with van der Waals surface area (Å²) < 4.78 is 19.8. The molecule has 2 amide bonds. The Bertz CT molecular complexity index is 714. The minimum absolute atomic E-state index is 0.0240. The predicted octanol–water partition coefficient (Wildman–Crippen LogP) is 2.28. The number of halogens is 1. The van der Waals surface area contributed by atoms with Gasteiger partial charge in [-0.3, -0.25) is 19.4 Å². The number of nitrogens with zero attached hydrogens (tertiary/aromatic N) is 1. The third-order valence-electron chi connectivity index (χ3n) is 5.48. The maximum atomic E-state index is 13.8. The lowest BCUT2D eigenvalue weighted by Crippen LogP contribution is -2.51. The maximum Gasteiger partial charge on any atom is 0.290 e. The average molecular weight is 423 g/mol. The van der Waals surface area contributed by atoms with Crippen LogP contribution in [0.2, 0.25) is 0 Å². The molecule has 30 heavy (non-hydrogen) atoms. The summed E-state index contributed by atoms with van der Waals surface area (Å²) in [6, 6.07) is 1.45. The number of ether oxygens (including phenoxy) is 1. The van der Waals surface area contributed by atoms with Gasteiger partial charge >= 0.3 is 0 Å². The summed E-state index contributed by atoms with van der Waals surface area (Å²) in [5.74, 6) is -1.12. The topological polar surface area (TPSA) is 118 Å². The van der Waals surface area contributed by atoms with Gasteiger partial charge in [0.25, 0.3) is 12.4 Å². The van der Waals surface area contributed by atoms with Crippen molar-refractivity contribution in [2.24, 2.45) is 5.92 Å². The zero-order chi connectivity index (χ0) is 21.9. The van der Waals surface area contributed by atoms with Crippen molar-refractivity contribution in [1.29, 1.82) is 0 Å². The van der Waals surface area contributed by atoms with Crippen LogP contribution < -0.4 is 10.6 Å². The number of rotatable bonds is 7. The smallest absolute Gasteiger partial charge is 0.290 e. The van der Waals surface area contributed by atoms with Crippen LogP contribution in [0.25, 0.3) is 0 Å². The van der Waals surface area contributed by atoms with Crippen molar-refractivity contribution in [2.45, 2.75) is 70.1 Å². The summed E-state index contributed by atoms with van der Waals surface area (Å²) >= 11 is 0. The fourth-order valence-corrected chi connectivity index (χ4v) is 3.66. The van der Waals surface area contributed by atoms with Crippen LogP contribution in [0.1, 0.15) is 62.2 Å². The van der Waals surface area contributed by atoms with E-state index in [1.54, 1.807) is 0 Å². The molecular formula is C21H30FN3O5.